The molecule has 0 amide bonds. The van der Waals surface area contributed by atoms with Gasteiger partial charge in [-0.05, 0) is 128 Å². The summed E-state index contributed by atoms with van der Waals surface area (Å²) in [5.41, 5.74) is 12.0. The van der Waals surface area contributed by atoms with Crippen molar-refractivity contribution in [2.45, 2.75) is 72.6 Å². The summed E-state index contributed by atoms with van der Waals surface area (Å²) in [5, 5.41) is 2.37. The smallest absolute Gasteiger partial charge is 0.00920 e. The quantitative estimate of drug-likeness (QED) is 0.319. The summed E-state index contributed by atoms with van der Waals surface area (Å²) in [6.07, 6.45) is 8.52. The molecule has 0 saturated heterocycles. The third kappa shape index (κ3) is 6.37. The van der Waals surface area contributed by atoms with E-state index in [1.54, 1.807) is 11.1 Å². The van der Waals surface area contributed by atoms with Crippen LogP contribution in [0.2, 0.25) is 0 Å². The molecule has 0 bridgehead atoms. The molecule has 33 heavy (non-hydrogen) atoms. The largest absolute Gasteiger partial charge is 0.306 e. The van der Waals surface area contributed by atoms with Gasteiger partial charge in [0, 0.05) is 17.8 Å². The van der Waals surface area contributed by atoms with E-state index >= 15 is 0 Å². The number of benzene rings is 2. The first-order valence-corrected chi connectivity index (χ1v) is 13.7. The van der Waals surface area contributed by atoms with Crippen LogP contribution in [0.1, 0.15) is 76.1 Å². The van der Waals surface area contributed by atoms with Crippen molar-refractivity contribution >= 4 is 11.3 Å². The third-order valence-electron chi connectivity index (χ3n) is 7.42. The zero-order valence-electron chi connectivity index (χ0n) is 21.3. The predicted octanol–water partition coefficient (Wildman–Crippen LogP) is 7.56. The van der Waals surface area contributed by atoms with E-state index in [1.165, 1.54) is 76.9 Å². The first-order valence-electron chi connectivity index (χ1n) is 12.9. The Hall–Kier alpha value is -1.90. The Morgan fingerprint density at radius 2 is 1.61 bits per heavy atom. The summed E-state index contributed by atoms with van der Waals surface area (Å²) < 4.78 is 0. The molecule has 2 heteroatoms. The summed E-state index contributed by atoms with van der Waals surface area (Å²) in [6, 6.07) is 14.5. The van der Waals surface area contributed by atoms with E-state index in [0.717, 1.165) is 19.4 Å². The minimum Gasteiger partial charge on any atom is -0.306 e. The number of hydrogen-bond acceptors (Lipinski definition) is 2. The Bertz CT molecular complexity index is 1080. The van der Waals surface area contributed by atoms with Crippen LogP contribution in [-0.4, -0.2) is 25.0 Å². The molecular weight excluding hydrogens is 418 g/mol. The second kappa shape index (κ2) is 11.0. The molecule has 1 nitrogen and oxygen atoms in total. The average Bonchev–Trinajstić information content (AvgIpc) is 3.23. The Morgan fingerprint density at radius 3 is 2.39 bits per heavy atom. The molecule has 1 atom stereocenters. The first kappa shape index (κ1) is 24.2. The zero-order chi connectivity index (χ0) is 23.4. The Labute approximate surface area is 205 Å². The summed E-state index contributed by atoms with van der Waals surface area (Å²) in [7, 11) is 2.22. The van der Waals surface area contributed by atoms with Crippen molar-refractivity contribution in [1.82, 2.24) is 4.90 Å². The number of rotatable bonds is 9. The van der Waals surface area contributed by atoms with Crippen molar-refractivity contribution in [3.63, 3.8) is 0 Å². The highest BCUT2D eigenvalue weighted by molar-refractivity contribution is 7.10. The number of thiophene rings is 1. The average molecular weight is 460 g/mol. The monoisotopic (exact) mass is 459 g/mol. The van der Waals surface area contributed by atoms with Crippen LogP contribution in [0, 0.1) is 19.8 Å². The predicted molar refractivity (Wildman–Crippen MR) is 145 cm³/mol. The first-order chi connectivity index (χ1) is 15.9. The summed E-state index contributed by atoms with van der Waals surface area (Å²) in [4.78, 5) is 3.90. The summed E-state index contributed by atoms with van der Waals surface area (Å²) >= 11 is 1.93. The van der Waals surface area contributed by atoms with Gasteiger partial charge >= 0.3 is 0 Å². The van der Waals surface area contributed by atoms with Gasteiger partial charge in [-0.15, -0.1) is 11.3 Å². The fourth-order valence-corrected chi connectivity index (χ4v) is 6.30. The Kier molecular flexibility index (Phi) is 8.09. The number of aryl methyl sites for hydroxylation is 4. The van der Waals surface area contributed by atoms with Crippen LogP contribution in [0.4, 0.5) is 0 Å². The van der Waals surface area contributed by atoms with Crippen LogP contribution < -0.4 is 0 Å². The maximum absolute atomic E-state index is 2.47. The molecule has 1 aliphatic carbocycles. The van der Waals surface area contributed by atoms with Crippen molar-refractivity contribution in [3.8, 4) is 0 Å². The molecule has 0 N–H and O–H groups in total. The molecule has 4 rings (SSSR count). The van der Waals surface area contributed by atoms with Gasteiger partial charge in [-0.25, -0.2) is 0 Å². The van der Waals surface area contributed by atoms with Crippen LogP contribution in [0.5, 0.6) is 0 Å². The molecule has 176 valence electrons. The lowest BCUT2D eigenvalue weighted by atomic mass is 9.90. The normalized spacial score (nSPS) is 14.5. The van der Waals surface area contributed by atoms with E-state index in [4.69, 9.17) is 0 Å². The van der Waals surface area contributed by atoms with Crippen LogP contribution in [0.25, 0.3) is 0 Å². The van der Waals surface area contributed by atoms with Crippen LogP contribution in [-0.2, 0) is 32.1 Å². The van der Waals surface area contributed by atoms with E-state index in [2.05, 4.69) is 81.4 Å². The molecule has 0 spiro atoms. The van der Waals surface area contributed by atoms with Crippen molar-refractivity contribution in [3.05, 3.63) is 91.2 Å². The van der Waals surface area contributed by atoms with Gasteiger partial charge in [-0.1, -0.05) is 44.2 Å². The Morgan fingerprint density at radius 1 is 0.879 bits per heavy atom. The van der Waals surface area contributed by atoms with Gasteiger partial charge in [0.2, 0.25) is 0 Å². The maximum atomic E-state index is 2.47. The minimum absolute atomic E-state index is 0.682. The highest BCUT2D eigenvalue weighted by Crippen LogP contribution is 2.27. The maximum Gasteiger partial charge on any atom is 0.00920 e. The van der Waals surface area contributed by atoms with E-state index in [9.17, 15) is 0 Å². The van der Waals surface area contributed by atoms with Crippen LogP contribution in [0.3, 0.4) is 0 Å². The van der Waals surface area contributed by atoms with Crippen molar-refractivity contribution < 1.29 is 0 Å². The molecule has 0 aliphatic heterocycles. The lowest BCUT2D eigenvalue weighted by Crippen LogP contribution is -2.25. The van der Waals surface area contributed by atoms with E-state index in [-0.39, 0.29) is 0 Å². The zero-order valence-corrected chi connectivity index (χ0v) is 22.2. The molecular formula is C31H41NS. The molecule has 3 aromatic rings. The fourth-order valence-electron chi connectivity index (χ4n) is 5.38. The lowest BCUT2D eigenvalue weighted by Gasteiger charge is -2.21. The lowest BCUT2D eigenvalue weighted by molar-refractivity contribution is 0.298. The van der Waals surface area contributed by atoms with Gasteiger partial charge in [0.1, 0.15) is 0 Å². The molecule has 0 saturated carbocycles. The molecule has 1 aromatic heterocycles. The molecule has 2 aromatic carbocycles. The highest BCUT2D eigenvalue weighted by Gasteiger charge is 2.13. The fraction of sp³-hybridized carbons (Fsp3) is 0.484. The molecule has 0 radical (unpaired) electrons. The Balaban J connectivity index is 1.41. The highest BCUT2D eigenvalue weighted by atomic mass is 32.1. The minimum atomic E-state index is 0.682. The summed E-state index contributed by atoms with van der Waals surface area (Å²) in [5.74, 6) is 0.682. The van der Waals surface area contributed by atoms with Crippen LogP contribution in [0.15, 0.2) is 41.8 Å². The molecule has 1 aliphatic rings. The third-order valence-corrected chi connectivity index (χ3v) is 8.41. The van der Waals surface area contributed by atoms with Gasteiger partial charge in [-0.2, -0.15) is 0 Å². The molecule has 0 fully saturated rings. The second-order valence-corrected chi connectivity index (χ2v) is 11.5. The van der Waals surface area contributed by atoms with E-state index < -0.39 is 0 Å². The number of fused-ring (bicyclic) bond motifs is 1. The standard InChI is InChI=1S/C31H41NS/c1-6-32(5)20-22(2)13-29-14-24(4)30(15-23(29)3)17-26-19-31(33-21-26)18-25-11-12-27-9-7-8-10-28(27)16-25/h11-12,14-16,19,21-22H,6-10,13,17-18,20H2,1-5H3/t22-/m1/s1. The second-order valence-electron chi connectivity index (χ2n) is 10.5. The van der Waals surface area contributed by atoms with Gasteiger partial charge in [0.15, 0.2) is 0 Å². The van der Waals surface area contributed by atoms with Gasteiger partial charge in [-0.3, -0.25) is 0 Å². The van der Waals surface area contributed by atoms with Gasteiger partial charge in [0.05, 0.1) is 0 Å². The van der Waals surface area contributed by atoms with Gasteiger partial charge < -0.3 is 4.90 Å². The van der Waals surface area contributed by atoms with Crippen molar-refractivity contribution in [1.29, 1.82) is 0 Å². The van der Waals surface area contributed by atoms with Gasteiger partial charge in [0.25, 0.3) is 0 Å². The van der Waals surface area contributed by atoms with Crippen LogP contribution >= 0.6 is 11.3 Å². The SMILES string of the molecule is CCN(C)C[C@H](C)Cc1cc(C)c(Cc2csc(Cc3ccc4c(c3)CCCC4)c2)cc1C. The van der Waals surface area contributed by atoms with E-state index in [0.29, 0.717) is 5.92 Å². The summed E-state index contributed by atoms with van der Waals surface area (Å²) in [6.45, 7) is 11.5. The van der Waals surface area contributed by atoms with Crippen molar-refractivity contribution in [2.75, 3.05) is 20.1 Å². The topological polar surface area (TPSA) is 3.24 Å². The van der Waals surface area contributed by atoms with E-state index in [1.807, 2.05) is 11.3 Å². The van der Waals surface area contributed by atoms with Crippen molar-refractivity contribution in [2.24, 2.45) is 5.92 Å². The molecule has 0 unspecified atom stereocenters. The number of hydrogen-bond donors (Lipinski definition) is 0. The number of nitrogens with zero attached hydrogens (tertiary/aromatic N) is 1. The molecule has 1 heterocycles.